The maximum absolute atomic E-state index is 13.8. The van der Waals surface area contributed by atoms with Crippen molar-refractivity contribution in [3.63, 3.8) is 0 Å². The lowest BCUT2D eigenvalue weighted by Gasteiger charge is -2.14. The number of hydrogen-bond donors (Lipinski definition) is 0. The summed E-state index contributed by atoms with van der Waals surface area (Å²) in [6.45, 7) is 1.48. The molecule has 110 valence electrons. The van der Waals surface area contributed by atoms with Crippen LogP contribution in [-0.2, 0) is 10.5 Å². The van der Waals surface area contributed by atoms with Gasteiger partial charge in [0.15, 0.2) is 0 Å². The quantitative estimate of drug-likeness (QED) is 0.586. The second-order valence-corrected chi connectivity index (χ2v) is 5.59. The molecule has 0 amide bonds. The van der Waals surface area contributed by atoms with Crippen LogP contribution < -0.4 is 0 Å². The topological polar surface area (TPSA) is 26.3 Å². The summed E-state index contributed by atoms with van der Waals surface area (Å²) in [5.74, 6) is 0.238. The lowest BCUT2D eigenvalue weighted by Crippen LogP contribution is -2.05. The van der Waals surface area contributed by atoms with Gasteiger partial charge in [0.05, 0.1) is 12.7 Å². The number of carbonyl (C=O) groups is 1. The normalized spacial score (nSPS) is 12.0. The van der Waals surface area contributed by atoms with Crippen molar-refractivity contribution in [1.29, 1.82) is 0 Å². The number of alkyl halides is 1. The van der Waals surface area contributed by atoms with Gasteiger partial charge in [-0.05, 0) is 18.6 Å². The highest BCUT2D eigenvalue weighted by Gasteiger charge is 2.18. The standard InChI is InChI=1S/C17H17FO2S/c1-12(18)14-9-6-10-15(17(19)20-2)16(14)21-11-13-7-4-3-5-8-13/h3-10,12H,11H2,1-2H3. The number of rotatable bonds is 5. The fourth-order valence-corrected chi connectivity index (χ4v) is 3.24. The van der Waals surface area contributed by atoms with Crippen LogP contribution in [0.3, 0.4) is 0 Å². The van der Waals surface area contributed by atoms with Gasteiger partial charge in [0.1, 0.15) is 6.17 Å². The van der Waals surface area contributed by atoms with E-state index in [9.17, 15) is 9.18 Å². The Labute approximate surface area is 128 Å². The largest absolute Gasteiger partial charge is 0.465 e. The molecule has 0 fully saturated rings. The summed E-state index contributed by atoms with van der Waals surface area (Å²) in [5.41, 5.74) is 2.07. The van der Waals surface area contributed by atoms with Crippen LogP contribution in [0.25, 0.3) is 0 Å². The molecule has 0 radical (unpaired) electrons. The van der Waals surface area contributed by atoms with Gasteiger partial charge in [-0.2, -0.15) is 0 Å². The molecule has 0 saturated heterocycles. The van der Waals surface area contributed by atoms with Crippen molar-refractivity contribution < 1.29 is 13.9 Å². The Hall–Kier alpha value is -1.81. The van der Waals surface area contributed by atoms with E-state index in [-0.39, 0.29) is 0 Å². The molecule has 0 bridgehead atoms. The van der Waals surface area contributed by atoms with Crippen molar-refractivity contribution in [1.82, 2.24) is 0 Å². The number of esters is 1. The molecule has 0 aliphatic carbocycles. The molecule has 2 rings (SSSR count). The predicted octanol–water partition coefficient (Wildman–Crippen LogP) is 4.80. The van der Waals surface area contributed by atoms with Crippen LogP contribution in [0.1, 0.15) is 34.6 Å². The average Bonchev–Trinajstić information content (AvgIpc) is 2.52. The first-order valence-electron chi connectivity index (χ1n) is 6.65. The monoisotopic (exact) mass is 304 g/mol. The van der Waals surface area contributed by atoms with Crippen molar-refractivity contribution in [2.24, 2.45) is 0 Å². The van der Waals surface area contributed by atoms with Gasteiger partial charge in [0, 0.05) is 16.2 Å². The van der Waals surface area contributed by atoms with E-state index in [1.807, 2.05) is 30.3 Å². The Morgan fingerprint density at radius 2 is 1.90 bits per heavy atom. The molecule has 0 aliphatic heterocycles. The second-order valence-electron chi connectivity index (χ2n) is 4.61. The van der Waals surface area contributed by atoms with Gasteiger partial charge in [-0.1, -0.05) is 42.5 Å². The van der Waals surface area contributed by atoms with Crippen LogP contribution in [0.2, 0.25) is 0 Å². The van der Waals surface area contributed by atoms with E-state index in [2.05, 4.69) is 0 Å². The zero-order valence-electron chi connectivity index (χ0n) is 12.0. The molecule has 0 N–H and O–H groups in total. The summed E-state index contributed by atoms with van der Waals surface area (Å²) in [7, 11) is 1.33. The molecular weight excluding hydrogens is 287 g/mol. The fourth-order valence-electron chi connectivity index (χ4n) is 2.03. The molecular formula is C17H17FO2S. The predicted molar refractivity (Wildman–Crippen MR) is 83.3 cm³/mol. The van der Waals surface area contributed by atoms with Gasteiger partial charge in [0.2, 0.25) is 0 Å². The van der Waals surface area contributed by atoms with Gasteiger partial charge in [0.25, 0.3) is 0 Å². The summed E-state index contributed by atoms with van der Waals surface area (Å²) in [6.07, 6.45) is -1.13. The minimum absolute atomic E-state index is 0.417. The number of methoxy groups -OCH3 is 1. The fraction of sp³-hybridized carbons (Fsp3) is 0.235. The molecule has 2 aromatic rings. The summed E-state index contributed by atoms with van der Waals surface area (Å²) in [4.78, 5) is 12.5. The highest BCUT2D eigenvalue weighted by molar-refractivity contribution is 7.98. The zero-order valence-corrected chi connectivity index (χ0v) is 12.8. The molecule has 4 heteroatoms. The van der Waals surface area contributed by atoms with E-state index in [1.165, 1.54) is 25.8 Å². The Balaban J connectivity index is 2.32. The Bertz CT molecular complexity index is 611. The van der Waals surface area contributed by atoms with Gasteiger partial charge in [-0.3, -0.25) is 0 Å². The first-order chi connectivity index (χ1) is 10.1. The molecule has 0 aliphatic rings. The van der Waals surface area contributed by atoms with Crippen LogP contribution in [-0.4, -0.2) is 13.1 Å². The van der Waals surface area contributed by atoms with Crippen LogP contribution >= 0.6 is 11.8 Å². The van der Waals surface area contributed by atoms with Gasteiger partial charge in [-0.15, -0.1) is 11.8 Å². The number of carbonyl (C=O) groups excluding carboxylic acids is 1. The van der Waals surface area contributed by atoms with E-state index < -0.39 is 12.1 Å². The van der Waals surface area contributed by atoms with Gasteiger partial charge >= 0.3 is 5.97 Å². The van der Waals surface area contributed by atoms with E-state index in [4.69, 9.17) is 4.74 Å². The minimum atomic E-state index is -1.13. The average molecular weight is 304 g/mol. The van der Waals surface area contributed by atoms with Gasteiger partial charge < -0.3 is 4.74 Å². The molecule has 0 spiro atoms. The molecule has 2 aromatic carbocycles. The first-order valence-corrected chi connectivity index (χ1v) is 7.64. The van der Waals surface area contributed by atoms with Crippen LogP contribution in [0.4, 0.5) is 4.39 Å². The first kappa shape index (κ1) is 15.6. The molecule has 1 atom stereocenters. The highest BCUT2D eigenvalue weighted by atomic mass is 32.2. The number of hydrogen-bond acceptors (Lipinski definition) is 3. The Kier molecular flexibility index (Phi) is 5.39. The molecule has 1 unspecified atom stereocenters. The summed E-state index contributed by atoms with van der Waals surface area (Å²) < 4.78 is 18.6. The van der Waals surface area contributed by atoms with Gasteiger partial charge in [-0.25, -0.2) is 9.18 Å². The van der Waals surface area contributed by atoms with E-state index in [0.29, 0.717) is 21.8 Å². The lowest BCUT2D eigenvalue weighted by molar-refractivity contribution is 0.0596. The van der Waals surface area contributed by atoms with Crippen molar-refractivity contribution >= 4 is 17.7 Å². The minimum Gasteiger partial charge on any atom is -0.465 e. The Morgan fingerprint density at radius 1 is 1.19 bits per heavy atom. The number of thioether (sulfide) groups is 1. The smallest absolute Gasteiger partial charge is 0.339 e. The lowest BCUT2D eigenvalue weighted by atomic mass is 10.1. The summed E-state index contributed by atoms with van der Waals surface area (Å²) >= 11 is 1.46. The third-order valence-corrected chi connectivity index (χ3v) is 4.33. The third-order valence-electron chi connectivity index (χ3n) is 3.11. The van der Waals surface area contributed by atoms with E-state index in [1.54, 1.807) is 18.2 Å². The maximum Gasteiger partial charge on any atom is 0.339 e. The Morgan fingerprint density at radius 3 is 2.52 bits per heavy atom. The van der Waals surface area contributed by atoms with Crippen molar-refractivity contribution in [3.05, 3.63) is 65.2 Å². The number of ether oxygens (including phenoxy) is 1. The summed E-state index contributed by atoms with van der Waals surface area (Å²) in [5, 5.41) is 0. The van der Waals surface area contributed by atoms with Crippen LogP contribution in [0, 0.1) is 0 Å². The SMILES string of the molecule is COC(=O)c1cccc(C(C)F)c1SCc1ccccc1. The zero-order chi connectivity index (χ0) is 15.2. The highest BCUT2D eigenvalue weighted by Crippen LogP contribution is 2.34. The summed E-state index contributed by atoms with van der Waals surface area (Å²) in [6, 6.07) is 14.9. The number of halogens is 1. The molecule has 21 heavy (non-hydrogen) atoms. The molecule has 0 saturated carbocycles. The molecule has 0 heterocycles. The van der Waals surface area contributed by atoms with Crippen LogP contribution in [0.15, 0.2) is 53.4 Å². The van der Waals surface area contributed by atoms with Crippen molar-refractivity contribution in [3.8, 4) is 0 Å². The molecule has 2 nitrogen and oxygen atoms in total. The van der Waals surface area contributed by atoms with E-state index in [0.717, 1.165) is 5.56 Å². The van der Waals surface area contributed by atoms with Crippen molar-refractivity contribution in [2.75, 3.05) is 7.11 Å². The second kappa shape index (κ2) is 7.27. The third kappa shape index (κ3) is 3.85. The maximum atomic E-state index is 13.8. The molecule has 0 aromatic heterocycles. The van der Waals surface area contributed by atoms with Crippen LogP contribution in [0.5, 0.6) is 0 Å². The number of benzene rings is 2. The van der Waals surface area contributed by atoms with Crippen molar-refractivity contribution in [2.45, 2.75) is 23.7 Å². The van der Waals surface area contributed by atoms with E-state index >= 15 is 0 Å².